The highest BCUT2D eigenvalue weighted by Gasteiger charge is 2.22. The second-order valence-corrected chi connectivity index (χ2v) is 6.34. The first-order valence-corrected chi connectivity index (χ1v) is 7.62. The van der Waals surface area contributed by atoms with Crippen LogP contribution < -0.4 is 4.90 Å². The van der Waals surface area contributed by atoms with Gasteiger partial charge in [-0.2, -0.15) is 0 Å². The van der Waals surface area contributed by atoms with E-state index in [4.69, 9.17) is 11.6 Å². The first-order valence-electron chi connectivity index (χ1n) is 7.25. The number of rotatable bonds is 2. The molecule has 1 aliphatic rings. The van der Waals surface area contributed by atoms with E-state index in [-0.39, 0.29) is 0 Å². The van der Waals surface area contributed by atoms with Gasteiger partial charge in [0.25, 0.3) is 0 Å². The molecule has 0 spiro atoms. The van der Waals surface area contributed by atoms with Crippen LogP contribution in [0, 0.1) is 25.7 Å². The Labute approximate surface area is 121 Å². The van der Waals surface area contributed by atoms with Gasteiger partial charge in [0.2, 0.25) is 0 Å². The fourth-order valence-corrected chi connectivity index (χ4v) is 3.04. The standard InChI is InChI=1S/C15H24ClN3/c1-10(2)13-6-5-8-19(9-7-13)15-12(4)11(3)14(16)17-18-15/h10,13H,5-9H2,1-4H3. The van der Waals surface area contributed by atoms with Crippen LogP contribution in [0.25, 0.3) is 0 Å². The monoisotopic (exact) mass is 281 g/mol. The van der Waals surface area contributed by atoms with Crippen LogP contribution in [0.15, 0.2) is 0 Å². The number of hydrogen-bond donors (Lipinski definition) is 0. The lowest BCUT2D eigenvalue weighted by Gasteiger charge is -2.24. The van der Waals surface area contributed by atoms with Gasteiger partial charge in [-0.25, -0.2) is 0 Å². The molecule has 0 saturated carbocycles. The predicted octanol–water partition coefficient (Wildman–Crippen LogP) is 4.01. The Morgan fingerprint density at radius 3 is 2.53 bits per heavy atom. The van der Waals surface area contributed by atoms with E-state index < -0.39 is 0 Å². The molecule has 0 aromatic carbocycles. The molecule has 1 saturated heterocycles. The average Bonchev–Trinajstić information content (AvgIpc) is 2.62. The van der Waals surface area contributed by atoms with Gasteiger partial charge in [0.1, 0.15) is 0 Å². The molecule has 0 N–H and O–H groups in total. The molecule has 0 aliphatic carbocycles. The van der Waals surface area contributed by atoms with E-state index in [0.717, 1.165) is 36.3 Å². The normalized spacial score (nSPS) is 20.7. The maximum atomic E-state index is 6.03. The van der Waals surface area contributed by atoms with Crippen LogP contribution in [0.4, 0.5) is 5.82 Å². The third-order valence-electron chi connectivity index (χ3n) is 4.45. The highest BCUT2D eigenvalue weighted by Crippen LogP contribution is 2.29. The van der Waals surface area contributed by atoms with Gasteiger partial charge < -0.3 is 4.90 Å². The largest absolute Gasteiger partial charge is 0.355 e. The van der Waals surface area contributed by atoms with Gasteiger partial charge in [0.15, 0.2) is 11.0 Å². The zero-order valence-corrected chi connectivity index (χ0v) is 13.2. The van der Waals surface area contributed by atoms with Crippen molar-refractivity contribution in [1.82, 2.24) is 10.2 Å². The molecule has 0 amide bonds. The molecule has 2 rings (SSSR count). The maximum Gasteiger partial charge on any atom is 0.155 e. The van der Waals surface area contributed by atoms with Crippen LogP contribution in [0.2, 0.25) is 5.15 Å². The molecule has 3 nitrogen and oxygen atoms in total. The van der Waals surface area contributed by atoms with Crippen LogP contribution >= 0.6 is 11.6 Å². The molecule has 1 unspecified atom stereocenters. The molecule has 1 atom stereocenters. The van der Waals surface area contributed by atoms with Crippen molar-refractivity contribution in [1.29, 1.82) is 0 Å². The molecule has 0 radical (unpaired) electrons. The zero-order chi connectivity index (χ0) is 14.0. The van der Waals surface area contributed by atoms with E-state index in [2.05, 4.69) is 35.9 Å². The van der Waals surface area contributed by atoms with E-state index in [1.165, 1.54) is 24.8 Å². The van der Waals surface area contributed by atoms with Crippen LogP contribution in [0.1, 0.15) is 44.2 Å². The van der Waals surface area contributed by atoms with E-state index in [0.29, 0.717) is 5.15 Å². The van der Waals surface area contributed by atoms with E-state index >= 15 is 0 Å². The maximum absolute atomic E-state index is 6.03. The van der Waals surface area contributed by atoms with Gasteiger partial charge in [-0.05, 0) is 56.1 Å². The smallest absolute Gasteiger partial charge is 0.155 e. The lowest BCUT2D eigenvalue weighted by atomic mass is 9.89. The number of aromatic nitrogens is 2. The zero-order valence-electron chi connectivity index (χ0n) is 12.4. The topological polar surface area (TPSA) is 29.0 Å². The fraction of sp³-hybridized carbons (Fsp3) is 0.733. The Kier molecular flexibility index (Phi) is 4.67. The van der Waals surface area contributed by atoms with Crippen molar-refractivity contribution in [2.45, 2.75) is 47.0 Å². The molecular weight excluding hydrogens is 258 g/mol. The van der Waals surface area contributed by atoms with Gasteiger partial charge in [-0.3, -0.25) is 0 Å². The predicted molar refractivity (Wildman–Crippen MR) is 80.9 cm³/mol. The summed E-state index contributed by atoms with van der Waals surface area (Å²) in [4.78, 5) is 2.38. The second-order valence-electron chi connectivity index (χ2n) is 5.99. The minimum Gasteiger partial charge on any atom is -0.355 e. The summed E-state index contributed by atoms with van der Waals surface area (Å²) in [7, 11) is 0. The molecule has 0 bridgehead atoms. The summed E-state index contributed by atoms with van der Waals surface area (Å²) in [5.74, 6) is 2.64. The third kappa shape index (κ3) is 3.19. The molecular formula is C15H24ClN3. The summed E-state index contributed by atoms with van der Waals surface area (Å²) in [6.07, 6.45) is 3.82. The van der Waals surface area contributed by atoms with Crippen molar-refractivity contribution in [3.63, 3.8) is 0 Å². The Balaban J connectivity index is 2.17. The van der Waals surface area contributed by atoms with Crippen LogP contribution in [0.3, 0.4) is 0 Å². The van der Waals surface area contributed by atoms with Gasteiger partial charge in [-0.1, -0.05) is 25.4 Å². The third-order valence-corrected chi connectivity index (χ3v) is 4.81. The minimum atomic E-state index is 0.524. The highest BCUT2D eigenvalue weighted by molar-refractivity contribution is 6.30. The van der Waals surface area contributed by atoms with E-state index in [9.17, 15) is 0 Å². The van der Waals surface area contributed by atoms with Crippen molar-refractivity contribution in [3.05, 3.63) is 16.3 Å². The summed E-state index contributed by atoms with van der Waals surface area (Å²) in [6.45, 7) is 10.9. The van der Waals surface area contributed by atoms with Gasteiger partial charge in [-0.15, -0.1) is 10.2 Å². The van der Waals surface area contributed by atoms with Crippen LogP contribution in [-0.4, -0.2) is 23.3 Å². The van der Waals surface area contributed by atoms with Crippen LogP contribution in [0.5, 0.6) is 0 Å². The van der Waals surface area contributed by atoms with Gasteiger partial charge in [0.05, 0.1) is 0 Å². The fourth-order valence-electron chi connectivity index (χ4n) is 2.86. The summed E-state index contributed by atoms with van der Waals surface area (Å²) in [5, 5.41) is 8.92. The van der Waals surface area contributed by atoms with Crippen molar-refractivity contribution in [3.8, 4) is 0 Å². The molecule has 19 heavy (non-hydrogen) atoms. The summed E-state index contributed by atoms with van der Waals surface area (Å²) < 4.78 is 0. The first-order chi connectivity index (χ1) is 9.00. The average molecular weight is 282 g/mol. The lowest BCUT2D eigenvalue weighted by molar-refractivity contribution is 0.351. The van der Waals surface area contributed by atoms with E-state index in [1.54, 1.807) is 0 Å². The van der Waals surface area contributed by atoms with Gasteiger partial charge in [0, 0.05) is 13.1 Å². The Bertz CT molecular complexity index is 445. The molecule has 4 heteroatoms. The molecule has 1 aliphatic heterocycles. The SMILES string of the molecule is Cc1c(Cl)nnc(N2CCCC(C(C)C)CC2)c1C. The molecule has 1 fully saturated rings. The second kappa shape index (κ2) is 6.08. The lowest BCUT2D eigenvalue weighted by Crippen LogP contribution is -2.27. The highest BCUT2D eigenvalue weighted by atomic mass is 35.5. The summed E-state index contributed by atoms with van der Waals surface area (Å²) in [6, 6.07) is 0. The summed E-state index contributed by atoms with van der Waals surface area (Å²) in [5.41, 5.74) is 2.22. The molecule has 106 valence electrons. The summed E-state index contributed by atoms with van der Waals surface area (Å²) >= 11 is 6.03. The number of hydrogen-bond acceptors (Lipinski definition) is 3. The van der Waals surface area contributed by atoms with Crippen molar-refractivity contribution in [2.75, 3.05) is 18.0 Å². The molecule has 1 aromatic heterocycles. The van der Waals surface area contributed by atoms with Crippen molar-refractivity contribution in [2.24, 2.45) is 11.8 Å². The number of anilines is 1. The van der Waals surface area contributed by atoms with Crippen LogP contribution in [-0.2, 0) is 0 Å². The number of halogens is 1. The van der Waals surface area contributed by atoms with Crippen molar-refractivity contribution < 1.29 is 0 Å². The minimum absolute atomic E-state index is 0.524. The van der Waals surface area contributed by atoms with Crippen molar-refractivity contribution >= 4 is 17.4 Å². The quantitative estimate of drug-likeness (QED) is 0.820. The first kappa shape index (κ1) is 14.6. The number of nitrogens with zero attached hydrogens (tertiary/aromatic N) is 3. The Morgan fingerprint density at radius 1 is 1.11 bits per heavy atom. The van der Waals surface area contributed by atoms with Gasteiger partial charge >= 0.3 is 0 Å². The van der Waals surface area contributed by atoms with E-state index in [1.807, 2.05) is 6.92 Å². The molecule has 2 heterocycles. The molecule has 1 aromatic rings. The Morgan fingerprint density at radius 2 is 1.84 bits per heavy atom. The Hall–Kier alpha value is -0.830.